The topological polar surface area (TPSA) is 60.4 Å². The molecule has 0 saturated carbocycles. The summed E-state index contributed by atoms with van der Waals surface area (Å²) in [5.41, 5.74) is 0.706. The molecular formula is C23H37FIN5O2. The summed E-state index contributed by atoms with van der Waals surface area (Å²) in [5.74, 6) is 0.705. The number of aliphatic imine (C=N–C) groups is 1. The molecule has 0 aromatic heterocycles. The predicted octanol–water partition coefficient (Wildman–Crippen LogP) is 2.81. The minimum atomic E-state index is -0.142. The molecule has 2 aliphatic rings. The molecule has 180 valence electrons. The maximum absolute atomic E-state index is 14.0. The minimum Gasteiger partial charge on any atom is -0.469 e. The Morgan fingerprint density at radius 3 is 2.47 bits per heavy atom. The largest absolute Gasteiger partial charge is 0.469 e. The van der Waals surface area contributed by atoms with Gasteiger partial charge >= 0.3 is 5.97 Å². The number of esters is 1. The van der Waals surface area contributed by atoms with Gasteiger partial charge in [-0.25, -0.2) is 4.39 Å². The number of carbonyl (C=O) groups is 1. The Balaban J connectivity index is 0.00000363. The summed E-state index contributed by atoms with van der Waals surface area (Å²) in [7, 11) is 1.46. The highest BCUT2D eigenvalue weighted by atomic mass is 127. The number of hydrogen-bond acceptors (Lipinski definition) is 5. The molecule has 3 rings (SSSR count). The van der Waals surface area contributed by atoms with Gasteiger partial charge in [0.15, 0.2) is 5.96 Å². The number of likely N-dealkylation sites (tertiary alicyclic amines) is 1. The van der Waals surface area contributed by atoms with Crippen LogP contribution >= 0.6 is 24.0 Å². The second-order valence-corrected chi connectivity index (χ2v) is 8.15. The molecule has 0 radical (unpaired) electrons. The maximum atomic E-state index is 14.0. The highest BCUT2D eigenvalue weighted by molar-refractivity contribution is 14.0. The van der Waals surface area contributed by atoms with Gasteiger partial charge in [0.05, 0.1) is 18.7 Å². The van der Waals surface area contributed by atoms with E-state index in [1.807, 2.05) is 12.1 Å². The molecule has 9 heteroatoms. The highest BCUT2D eigenvalue weighted by Crippen LogP contribution is 2.20. The quantitative estimate of drug-likeness (QED) is 0.182. The smallest absolute Gasteiger partial charge is 0.308 e. The van der Waals surface area contributed by atoms with Crippen molar-refractivity contribution < 1.29 is 13.9 Å². The number of hydrogen-bond donors (Lipinski definition) is 1. The Hall–Kier alpha value is -1.62. The second kappa shape index (κ2) is 13.8. The molecule has 7 nitrogen and oxygen atoms in total. The lowest BCUT2D eigenvalue weighted by Gasteiger charge is -2.36. The number of halogens is 2. The molecule has 0 atom stereocenters. The van der Waals surface area contributed by atoms with Crippen molar-refractivity contribution in [3.8, 4) is 0 Å². The summed E-state index contributed by atoms with van der Waals surface area (Å²) < 4.78 is 18.9. The molecule has 1 aromatic rings. The molecule has 0 spiro atoms. The highest BCUT2D eigenvalue weighted by Gasteiger charge is 2.27. The Morgan fingerprint density at radius 1 is 1.16 bits per heavy atom. The van der Waals surface area contributed by atoms with E-state index in [0.29, 0.717) is 5.69 Å². The third kappa shape index (κ3) is 7.47. The van der Waals surface area contributed by atoms with Gasteiger partial charge in [-0.3, -0.25) is 14.7 Å². The van der Waals surface area contributed by atoms with E-state index in [1.54, 1.807) is 6.07 Å². The lowest BCUT2D eigenvalue weighted by molar-refractivity contribution is -0.146. The first-order valence-electron chi connectivity index (χ1n) is 11.4. The number of nitrogens with zero attached hydrogens (tertiary/aromatic N) is 4. The number of nitrogens with one attached hydrogen (secondary N) is 1. The fourth-order valence-corrected chi connectivity index (χ4v) is 4.32. The number of guanidine groups is 1. The lowest BCUT2D eigenvalue weighted by Crippen LogP contribution is -2.47. The Kier molecular flexibility index (Phi) is 11.5. The van der Waals surface area contributed by atoms with Crippen LogP contribution in [-0.4, -0.2) is 87.7 Å². The fourth-order valence-electron chi connectivity index (χ4n) is 4.32. The van der Waals surface area contributed by atoms with E-state index in [9.17, 15) is 9.18 Å². The molecule has 0 aliphatic carbocycles. The zero-order valence-corrected chi connectivity index (χ0v) is 21.6. The van der Waals surface area contributed by atoms with E-state index in [2.05, 4.69) is 26.9 Å². The van der Waals surface area contributed by atoms with Gasteiger partial charge in [0.2, 0.25) is 0 Å². The number of piperazine rings is 1. The van der Waals surface area contributed by atoms with E-state index < -0.39 is 0 Å². The number of carbonyl (C=O) groups excluding carboxylic acids is 1. The van der Waals surface area contributed by atoms with Gasteiger partial charge in [-0.05, 0) is 38.3 Å². The molecule has 2 saturated heterocycles. The van der Waals surface area contributed by atoms with Crippen LogP contribution in [0.4, 0.5) is 10.1 Å². The van der Waals surface area contributed by atoms with Crippen LogP contribution in [0.15, 0.2) is 29.3 Å². The van der Waals surface area contributed by atoms with Crippen LogP contribution in [-0.2, 0) is 9.53 Å². The van der Waals surface area contributed by atoms with Gasteiger partial charge in [-0.1, -0.05) is 12.1 Å². The summed E-state index contributed by atoms with van der Waals surface area (Å²) in [6, 6.07) is 7.01. The van der Waals surface area contributed by atoms with Crippen molar-refractivity contribution in [2.75, 3.05) is 70.9 Å². The van der Waals surface area contributed by atoms with Crippen molar-refractivity contribution in [1.29, 1.82) is 0 Å². The zero-order valence-electron chi connectivity index (χ0n) is 19.3. The van der Waals surface area contributed by atoms with Crippen LogP contribution in [0.25, 0.3) is 0 Å². The Labute approximate surface area is 208 Å². The molecular weight excluding hydrogens is 524 g/mol. The normalized spacial score (nSPS) is 18.3. The molecule has 2 heterocycles. The number of ether oxygens (including phenoxy) is 1. The molecule has 2 fully saturated rings. The van der Waals surface area contributed by atoms with E-state index in [0.717, 1.165) is 84.1 Å². The zero-order chi connectivity index (χ0) is 22.1. The summed E-state index contributed by atoms with van der Waals surface area (Å²) in [6.45, 7) is 9.90. The number of rotatable bonds is 7. The summed E-state index contributed by atoms with van der Waals surface area (Å²) in [5, 5.41) is 3.38. The number of benzene rings is 1. The van der Waals surface area contributed by atoms with Crippen molar-refractivity contribution >= 4 is 41.6 Å². The van der Waals surface area contributed by atoms with Gasteiger partial charge in [-0.2, -0.15) is 0 Å². The maximum Gasteiger partial charge on any atom is 0.308 e. The van der Waals surface area contributed by atoms with Crippen molar-refractivity contribution in [2.45, 2.75) is 26.2 Å². The van der Waals surface area contributed by atoms with Gasteiger partial charge in [0.1, 0.15) is 5.82 Å². The van der Waals surface area contributed by atoms with Crippen LogP contribution in [0, 0.1) is 11.7 Å². The fraction of sp³-hybridized carbons (Fsp3) is 0.652. The lowest BCUT2D eigenvalue weighted by atomic mass is 9.97. The van der Waals surface area contributed by atoms with Gasteiger partial charge in [-0.15, -0.1) is 24.0 Å². The average molecular weight is 561 g/mol. The van der Waals surface area contributed by atoms with Crippen LogP contribution in [0.2, 0.25) is 0 Å². The Bertz CT molecular complexity index is 735. The predicted molar refractivity (Wildman–Crippen MR) is 137 cm³/mol. The van der Waals surface area contributed by atoms with Gasteiger partial charge < -0.3 is 19.9 Å². The van der Waals surface area contributed by atoms with Crippen molar-refractivity contribution in [1.82, 2.24) is 15.1 Å². The van der Waals surface area contributed by atoms with E-state index in [4.69, 9.17) is 9.73 Å². The first kappa shape index (κ1) is 26.6. The Morgan fingerprint density at radius 2 is 1.84 bits per heavy atom. The third-order valence-electron chi connectivity index (χ3n) is 6.12. The molecule has 1 N–H and O–H groups in total. The number of piperidine rings is 1. The van der Waals surface area contributed by atoms with Crippen molar-refractivity contribution in [3.05, 3.63) is 30.1 Å². The summed E-state index contributed by atoms with van der Waals surface area (Å²) in [4.78, 5) is 23.4. The average Bonchev–Trinajstić information content (AvgIpc) is 2.81. The van der Waals surface area contributed by atoms with Crippen LogP contribution < -0.4 is 10.2 Å². The SMILES string of the molecule is CCNC(=NCCCN1CCN(c2ccccc2F)CC1)N1CCC(C(=O)OC)CC1.I. The monoisotopic (exact) mass is 561 g/mol. The van der Waals surface area contributed by atoms with Crippen LogP contribution in [0.5, 0.6) is 0 Å². The first-order chi connectivity index (χ1) is 15.1. The molecule has 1 aromatic carbocycles. The third-order valence-corrected chi connectivity index (χ3v) is 6.12. The number of anilines is 1. The standard InChI is InChI=1S/C23H36FN5O2.HI/c1-3-25-23(29-13-9-19(10-14-29)22(30)31-2)26-11-6-12-27-15-17-28(18-16-27)21-8-5-4-7-20(21)24;/h4-5,7-8,19H,3,6,9-18H2,1-2H3,(H,25,26);1H. The molecule has 0 bridgehead atoms. The number of para-hydroxylation sites is 1. The summed E-state index contributed by atoms with van der Waals surface area (Å²) >= 11 is 0. The van der Waals surface area contributed by atoms with E-state index in [1.165, 1.54) is 13.2 Å². The minimum absolute atomic E-state index is 0. The van der Waals surface area contributed by atoms with Gasteiger partial charge in [0, 0.05) is 58.9 Å². The molecule has 32 heavy (non-hydrogen) atoms. The molecule has 2 aliphatic heterocycles. The van der Waals surface area contributed by atoms with E-state index >= 15 is 0 Å². The molecule has 0 unspecified atom stereocenters. The summed E-state index contributed by atoms with van der Waals surface area (Å²) in [6.07, 6.45) is 2.61. The van der Waals surface area contributed by atoms with Crippen LogP contribution in [0.3, 0.4) is 0 Å². The van der Waals surface area contributed by atoms with Crippen molar-refractivity contribution in [2.24, 2.45) is 10.9 Å². The number of methoxy groups -OCH3 is 1. The molecule has 0 amide bonds. The van der Waals surface area contributed by atoms with Crippen LogP contribution in [0.1, 0.15) is 26.2 Å². The van der Waals surface area contributed by atoms with E-state index in [-0.39, 0.29) is 41.7 Å². The second-order valence-electron chi connectivity index (χ2n) is 8.15. The first-order valence-corrected chi connectivity index (χ1v) is 11.4. The van der Waals surface area contributed by atoms with Gasteiger partial charge in [0.25, 0.3) is 0 Å². The van der Waals surface area contributed by atoms with Crippen molar-refractivity contribution in [3.63, 3.8) is 0 Å².